The summed E-state index contributed by atoms with van der Waals surface area (Å²) in [5, 5.41) is 10.4. The Morgan fingerprint density at radius 3 is 2.79 bits per heavy atom. The molecule has 0 amide bonds. The van der Waals surface area contributed by atoms with Crippen LogP contribution in [0.4, 0.5) is 5.69 Å². The summed E-state index contributed by atoms with van der Waals surface area (Å²) in [6, 6.07) is 6.03. The molecule has 0 aromatic heterocycles. The van der Waals surface area contributed by atoms with Gasteiger partial charge in [-0.2, -0.15) is 0 Å². The van der Waals surface area contributed by atoms with Crippen molar-refractivity contribution < 1.29 is 9.72 Å². The zero-order valence-corrected chi connectivity index (χ0v) is 8.60. The van der Waals surface area contributed by atoms with Gasteiger partial charge in [0.2, 0.25) is 0 Å². The Morgan fingerprint density at radius 1 is 1.50 bits per heavy atom. The monoisotopic (exact) mass is 255 g/mol. The van der Waals surface area contributed by atoms with Gasteiger partial charge in [-0.1, -0.05) is 28.1 Å². The lowest BCUT2D eigenvalue weighted by atomic mass is 10.2. The van der Waals surface area contributed by atoms with E-state index in [1.807, 2.05) is 0 Å². The van der Waals surface area contributed by atoms with Gasteiger partial charge in [0.25, 0.3) is 5.69 Å². The topological polar surface area (TPSA) is 60.2 Å². The average Bonchev–Trinajstić information content (AvgIpc) is 2.18. The molecule has 0 aliphatic heterocycles. The molecule has 0 unspecified atom stereocenters. The molecule has 4 nitrogen and oxygen atoms in total. The smallest absolute Gasteiger partial charge is 0.270 e. The summed E-state index contributed by atoms with van der Waals surface area (Å²) in [5.74, 6) is 0. The molecule has 0 aliphatic rings. The molecule has 0 bridgehead atoms. The van der Waals surface area contributed by atoms with Crippen molar-refractivity contribution in [3.8, 4) is 0 Å². The fourth-order valence-electron chi connectivity index (χ4n) is 0.924. The highest BCUT2D eigenvalue weighted by Gasteiger charge is 2.06. The zero-order valence-electron chi connectivity index (χ0n) is 7.01. The van der Waals surface area contributed by atoms with Crippen LogP contribution in [0, 0.1) is 10.1 Å². The van der Waals surface area contributed by atoms with Gasteiger partial charge in [-0.3, -0.25) is 14.9 Å². The lowest BCUT2D eigenvalue weighted by Gasteiger charge is -1.97. The maximum absolute atomic E-state index is 10.4. The number of allylic oxidation sites excluding steroid dienone is 1. The van der Waals surface area contributed by atoms with Crippen LogP contribution in [0.15, 0.2) is 30.3 Å². The molecule has 72 valence electrons. The molecular formula is C9H6BrNO3. The van der Waals surface area contributed by atoms with Crippen molar-refractivity contribution >= 4 is 32.4 Å². The van der Waals surface area contributed by atoms with Crippen LogP contribution in [-0.2, 0) is 4.79 Å². The third-order valence-corrected chi connectivity index (χ3v) is 2.27. The molecule has 14 heavy (non-hydrogen) atoms. The van der Waals surface area contributed by atoms with Crippen LogP contribution in [0.3, 0.4) is 0 Å². The number of nitrogens with zero attached hydrogens (tertiary/aromatic N) is 1. The van der Waals surface area contributed by atoms with Crippen molar-refractivity contribution in [2.24, 2.45) is 0 Å². The van der Waals surface area contributed by atoms with E-state index in [-0.39, 0.29) is 5.69 Å². The molecule has 0 spiro atoms. The van der Waals surface area contributed by atoms with Gasteiger partial charge in [0, 0.05) is 16.6 Å². The van der Waals surface area contributed by atoms with E-state index in [1.54, 1.807) is 12.1 Å². The summed E-state index contributed by atoms with van der Waals surface area (Å²) in [7, 11) is 0. The number of nitro benzene ring substituents is 1. The maximum atomic E-state index is 10.4. The first-order chi connectivity index (χ1) is 6.65. The van der Waals surface area contributed by atoms with E-state index in [0.717, 1.165) is 0 Å². The number of halogens is 1. The number of carbonyl (C=O) groups excluding carboxylic acids is 1. The highest BCUT2D eigenvalue weighted by Crippen LogP contribution is 2.23. The molecule has 0 radical (unpaired) electrons. The number of benzene rings is 1. The summed E-state index contributed by atoms with van der Waals surface area (Å²) < 4.78 is 0.524. The third-order valence-electron chi connectivity index (χ3n) is 1.55. The summed E-state index contributed by atoms with van der Waals surface area (Å²) in [6.45, 7) is 0. The van der Waals surface area contributed by atoms with Crippen molar-refractivity contribution in [2.75, 3.05) is 0 Å². The third kappa shape index (κ3) is 2.50. The minimum atomic E-state index is -0.481. The Labute approximate surface area is 88.5 Å². The second-order valence-corrected chi connectivity index (χ2v) is 3.31. The van der Waals surface area contributed by atoms with Gasteiger partial charge in [0.1, 0.15) is 6.29 Å². The van der Waals surface area contributed by atoms with Crippen LogP contribution in [0.25, 0.3) is 4.48 Å². The Morgan fingerprint density at radius 2 is 2.21 bits per heavy atom. The largest absolute Gasteiger partial charge is 0.299 e. The van der Waals surface area contributed by atoms with Crippen molar-refractivity contribution in [3.63, 3.8) is 0 Å². The Bertz CT molecular complexity index is 401. The summed E-state index contributed by atoms with van der Waals surface area (Å²) in [5.41, 5.74) is 0.602. The Kier molecular flexibility index (Phi) is 3.53. The van der Waals surface area contributed by atoms with E-state index in [4.69, 9.17) is 0 Å². The number of non-ortho nitro benzene ring substituents is 1. The lowest BCUT2D eigenvalue weighted by Crippen LogP contribution is -1.88. The molecule has 1 rings (SSSR count). The van der Waals surface area contributed by atoms with Crippen molar-refractivity contribution in [1.29, 1.82) is 0 Å². The van der Waals surface area contributed by atoms with E-state index in [0.29, 0.717) is 16.3 Å². The Hall–Kier alpha value is -1.49. The van der Waals surface area contributed by atoms with Gasteiger partial charge in [-0.25, -0.2) is 0 Å². The van der Waals surface area contributed by atoms with Crippen LogP contribution in [0.2, 0.25) is 0 Å². The zero-order chi connectivity index (χ0) is 10.6. The van der Waals surface area contributed by atoms with Gasteiger partial charge in [0.15, 0.2) is 0 Å². The molecule has 0 N–H and O–H groups in total. The number of nitro groups is 1. The van der Waals surface area contributed by atoms with E-state index in [9.17, 15) is 14.9 Å². The molecule has 0 heterocycles. The fourth-order valence-corrected chi connectivity index (χ4v) is 1.28. The van der Waals surface area contributed by atoms with E-state index in [1.165, 1.54) is 18.2 Å². The van der Waals surface area contributed by atoms with Crippen LogP contribution in [-0.4, -0.2) is 11.2 Å². The minimum absolute atomic E-state index is 0.00116. The average molecular weight is 256 g/mol. The second kappa shape index (κ2) is 4.66. The molecule has 0 atom stereocenters. The highest BCUT2D eigenvalue weighted by atomic mass is 79.9. The molecular weight excluding hydrogens is 250 g/mol. The van der Waals surface area contributed by atoms with E-state index < -0.39 is 4.92 Å². The number of rotatable bonds is 3. The number of aldehydes is 1. The molecule has 1 aromatic carbocycles. The number of hydrogen-bond acceptors (Lipinski definition) is 3. The van der Waals surface area contributed by atoms with Gasteiger partial charge >= 0.3 is 0 Å². The van der Waals surface area contributed by atoms with Crippen LogP contribution < -0.4 is 0 Å². The van der Waals surface area contributed by atoms with Crippen LogP contribution >= 0.6 is 15.9 Å². The number of carbonyl (C=O) groups is 1. The molecule has 0 saturated heterocycles. The first-order valence-corrected chi connectivity index (χ1v) is 4.50. The SMILES string of the molecule is O=CC=C(Br)c1cccc([N+](=O)[O-])c1. The van der Waals surface area contributed by atoms with Gasteiger partial charge < -0.3 is 0 Å². The van der Waals surface area contributed by atoms with Gasteiger partial charge in [-0.05, 0) is 11.6 Å². The molecule has 0 aliphatic carbocycles. The van der Waals surface area contributed by atoms with Gasteiger partial charge in [0.05, 0.1) is 4.92 Å². The maximum Gasteiger partial charge on any atom is 0.270 e. The predicted octanol–water partition coefficient (Wildman–Crippen LogP) is 2.53. The summed E-state index contributed by atoms with van der Waals surface area (Å²) in [4.78, 5) is 20.1. The Balaban J connectivity index is 3.11. The molecule has 0 saturated carbocycles. The van der Waals surface area contributed by atoms with Crippen molar-refractivity contribution in [3.05, 3.63) is 46.0 Å². The predicted molar refractivity (Wildman–Crippen MR) is 56.1 cm³/mol. The first-order valence-electron chi connectivity index (χ1n) is 3.71. The summed E-state index contributed by atoms with van der Waals surface area (Å²) in [6.07, 6.45) is 1.90. The second-order valence-electron chi connectivity index (χ2n) is 2.46. The molecule has 0 fully saturated rings. The van der Waals surface area contributed by atoms with Crippen LogP contribution in [0.1, 0.15) is 5.56 Å². The minimum Gasteiger partial charge on any atom is -0.299 e. The van der Waals surface area contributed by atoms with Crippen molar-refractivity contribution in [1.82, 2.24) is 0 Å². The summed E-state index contributed by atoms with van der Waals surface area (Å²) >= 11 is 3.14. The molecule has 5 heteroatoms. The fraction of sp³-hybridized carbons (Fsp3) is 0. The molecule has 1 aromatic rings. The number of hydrogen-bond donors (Lipinski definition) is 0. The van der Waals surface area contributed by atoms with E-state index >= 15 is 0 Å². The highest BCUT2D eigenvalue weighted by molar-refractivity contribution is 9.15. The van der Waals surface area contributed by atoms with Gasteiger partial charge in [-0.15, -0.1) is 0 Å². The standard InChI is InChI=1S/C9H6BrNO3/c10-9(4-5-12)7-2-1-3-8(6-7)11(13)14/h1-6H. The van der Waals surface area contributed by atoms with Crippen LogP contribution in [0.5, 0.6) is 0 Å². The lowest BCUT2D eigenvalue weighted by molar-refractivity contribution is -0.384. The normalized spacial score (nSPS) is 11.1. The first kappa shape index (κ1) is 10.6. The van der Waals surface area contributed by atoms with Crippen molar-refractivity contribution in [2.45, 2.75) is 0 Å². The quantitative estimate of drug-likeness (QED) is 0.361. The van der Waals surface area contributed by atoms with E-state index in [2.05, 4.69) is 15.9 Å².